The Morgan fingerprint density at radius 3 is 2.62 bits per heavy atom. The number of allylic oxidation sites excluding steroid dienone is 1. The van der Waals surface area contributed by atoms with Crippen LogP contribution in [0.25, 0.3) is 0 Å². The molecule has 0 aromatic rings. The Bertz CT molecular complexity index is 684. The van der Waals surface area contributed by atoms with Crippen molar-refractivity contribution < 1.29 is 29.3 Å². The monoisotopic (exact) mass is 362 g/mol. The van der Waals surface area contributed by atoms with Crippen molar-refractivity contribution in [3.05, 3.63) is 47.1 Å². The number of aliphatic hydroxyl groups is 2. The van der Waals surface area contributed by atoms with Gasteiger partial charge < -0.3 is 19.7 Å². The fourth-order valence-electron chi connectivity index (χ4n) is 3.36. The summed E-state index contributed by atoms with van der Waals surface area (Å²) in [5.41, 5.74) is 2.11. The summed E-state index contributed by atoms with van der Waals surface area (Å²) in [4.78, 5) is 24.4. The van der Waals surface area contributed by atoms with E-state index in [2.05, 4.69) is 6.58 Å². The lowest BCUT2D eigenvalue weighted by Gasteiger charge is -2.28. The summed E-state index contributed by atoms with van der Waals surface area (Å²) in [6.07, 6.45) is 3.79. The van der Waals surface area contributed by atoms with Gasteiger partial charge in [0.05, 0.1) is 24.2 Å². The first-order valence-corrected chi connectivity index (χ1v) is 8.66. The maximum Gasteiger partial charge on any atom is 0.336 e. The molecule has 0 aromatic heterocycles. The molecule has 0 bridgehead atoms. The first-order valence-electron chi connectivity index (χ1n) is 8.66. The molecular weight excluding hydrogens is 336 g/mol. The molecule has 1 fully saturated rings. The smallest absolute Gasteiger partial charge is 0.336 e. The maximum absolute atomic E-state index is 12.3. The third-order valence-electron chi connectivity index (χ3n) is 4.68. The molecule has 2 rings (SSSR count). The van der Waals surface area contributed by atoms with Crippen LogP contribution in [0.5, 0.6) is 0 Å². The van der Waals surface area contributed by atoms with Crippen LogP contribution in [0.1, 0.15) is 33.6 Å². The summed E-state index contributed by atoms with van der Waals surface area (Å²) in [6, 6.07) is 0. The number of aliphatic hydroxyl groups excluding tert-OH is 2. The first kappa shape index (κ1) is 20.1. The van der Waals surface area contributed by atoms with Gasteiger partial charge >= 0.3 is 11.9 Å². The largest absolute Gasteiger partial charge is 0.458 e. The number of carbonyl (C=O) groups is 2. The van der Waals surface area contributed by atoms with E-state index in [1.54, 1.807) is 19.1 Å². The lowest BCUT2D eigenvalue weighted by atomic mass is 9.85. The van der Waals surface area contributed by atoms with E-state index in [0.717, 1.165) is 11.1 Å². The standard InChI is InChI=1S/C20H26O6/c1-5-14(10-21)20(24)26-17-9-12(3)7-15(22)6-11(2)8-16-18(17)13(4)19(23)25-16/h5,7-8,15-18,21-22H,4,6,9-10H2,1-3H3/b11-8+,12-7+,14-5+/t15-,16+,17+,18-/m0/s1. The number of carbonyl (C=O) groups excluding carboxylic acids is 2. The molecule has 0 spiro atoms. The van der Waals surface area contributed by atoms with Crippen molar-refractivity contribution in [2.24, 2.45) is 5.92 Å². The van der Waals surface area contributed by atoms with Crippen molar-refractivity contribution in [3.63, 3.8) is 0 Å². The molecule has 0 saturated carbocycles. The van der Waals surface area contributed by atoms with Gasteiger partial charge in [-0.2, -0.15) is 0 Å². The number of rotatable bonds is 3. The predicted octanol–water partition coefficient (Wildman–Crippen LogP) is 1.98. The van der Waals surface area contributed by atoms with Crippen LogP contribution in [0.3, 0.4) is 0 Å². The van der Waals surface area contributed by atoms with Crippen molar-refractivity contribution in [2.75, 3.05) is 6.61 Å². The number of ether oxygens (including phenoxy) is 2. The molecular formula is C20H26O6. The lowest BCUT2D eigenvalue weighted by Crippen LogP contribution is -2.34. The minimum absolute atomic E-state index is 0.142. The molecule has 6 nitrogen and oxygen atoms in total. The van der Waals surface area contributed by atoms with Crippen LogP contribution in [-0.4, -0.2) is 47.1 Å². The van der Waals surface area contributed by atoms with Crippen LogP contribution in [0.2, 0.25) is 0 Å². The Morgan fingerprint density at radius 1 is 1.35 bits per heavy atom. The second kappa shape index (κ2) is 8.47. The van der Waals surface area contributed by atoms with E-state index < -0.39 is 42.8 Å². The average Bonchev–Trinajstić information content (AvgIpc) is 2.81. The molecule has 0 amide bonds. The number of hydrogen-bond acceptors (Lipinski definition) is 6. The summed E-state index contributed by atoms with van der Waals surface area (Å²) in [5, 5.41) is 19.4. The van der Waals surface area contributed by atoms with Crippen molar-refractivity contribution in [2.45, 2.75) is 51.9 Å². The molecule has 2 aliphatic rings. The lowest BCUT2D eigenvalue weighted by molar-refractivity contribution is -0.147. The first-order chi connectivity index (χ1) is 12.3. The van der Waals surface area contributed by atoms with E-state index in [9.17, 15) is 19.8 Å². The Hall–Kier alpha value is -2.18. The van der Waals surface area contributed by atoms with Crippen LogP contribution in [0.4, 0.5) is 0 Å². The van der Waals surface area contributed by atoms with Gasteiger partial charge in [0, 0.05) is 12.0 Å². The predicted molar refractivity (Wildman–Crippen MR) is 96.0 cm³/mol. The van der Waals surface area contributed by atoms with Crippen LogP contribution in [-0.2, 0) is 19.1 Å². The zero-order valence-corrected chi connectivity index (χ0v) is 15.4. The second-order valence-corrected chi connectivity index (χ2v) is 6.84. The second-order valence-electron chi connectivity index (χ2n) is 6.84. The third-order valence-corrected chi connectivity index (χ3v) is 4.68. The molecule has 2 N–H and O–H groups in total. The topological polar surface area (TPSA) is 93.1 Å². The Labute approximate surface area is 153 Å². The van der Waals surface area contributed by atoms with Crippen LogP contribution >= 0.6 is 0 Å². The van der Waals surface area contributed by atoms with Crippen molar-refractivity contribution in [1.82, 2.24) is 0 Å². The summed E-state index contributed by atoms with van der Waals surface area (Å²) in [7, 11) is 0. The van der Waals surface area contributed by atoms with Gasteiger partial charge in [0.25, 0.3) is 0 Å². The Balaban J connectivity index is 2.41. The number of esters is 2. The number of fused-ring (bicyclic) bond motifs is 1. The molecule has 1 aliphatic heterocycles. The molecule has 0 aromatic carbocycles. The van der Waals surface area contributed by atoms with Crippen LogP contribution in [0.15, 0.2) is 47.1 Å². The van der Waals surface area contributed by atoms with Crippen molar-refractivity contribution >= 4 is 11.9 Å². The highest BCUT2D eigenvalue weighted by atomic mass is 16.6. The fraction of sp³-hybridized carbons (Fsp3) is 0.500. The summed E-state index contributed by atoms with van der Waals surface area (Å²) >= 11 is 0. The van der Waals surface area contributed by atoms with Gasteiger partial charge in [-0.3, -0.25) is 0 Å². The van der Waals surface area contributed by atoms with Gasteiger partial charge in [-0.1, -0.05) is 29.9 Å². The van der Waals surface area contributed by atoms with Crippen LogP contribution in [0, 0.1) is 5.92 Å². The van der Waals surface area contributed by atoms with Crippen LogP contribution < -0.4 is 0 Å². The quantitative estimate of drug-likeness (QED) is 0.453. The van der Waals surface area contributed by atoms with E-state index in [0.29, 0.717) is 12.8 Å². The van der Waals surface area contributed by atoms with E-state index in [4.69, 9.17) is 9.47 Å². The molecule has 0 unspecified atom stereocenters. The molecule has 1 aliphatic carbocycles. The van der Waals surface area contributed by atoms with Crippen molar-refractivity contribution in [1.29, 1.82) is 0 Å². The zero-order valence-electron chi connectivity index (χ0n) is 15.4. The van der Waals surface area contributed by atoms with Crippen molar-refractivity contribution in [3.8, 4) is 0 Å². The van der Waals surface area contributed by atoms with Gasteiger partial charge in [-0.25, -0.2) is 9.59 Å². The number of hydrogen-bond donors (Lipinski definition) is 2. The van der Waals surface area contributed by atoms with Gasteiger partial charge in [0.2, 0.25) is 0 Å². The fourth-order valence-corrected chi connectivity index (χ4v) is 3.36. The molecule has 0 radical (unpaired) electrons. The maximum atomic E-state index is 12.3. The summed E-state index contributed by atoms with van der Waals surface area (Å²) in [5.74, 6) is -1.67. The van der Waals surface area contributed by atoms with Gasteiger partial charge in [-0.15, -0.1) is 0 Å². The Morgan fingerprint density at radius 2 is 2.00 bits per heavy atom. The van der Waals surface area contributed by atoms with E-state index in [1.807, 2.05) is 13.8 Å². The SMILES string of the molecule is C=C1C(=O)O[C@@H]2/C=C(\C)C[C@H](O)/C=C(\C)C[C@@H](OC(=O)/C(=C/C)CO)[C@@H]12. The van der Waals surface area contributed by atoms with Gasteiger partial charge in [-0.05, 0) is 33.3 Å². The minimum atomic E-state index is -0.696. The molecule has 1 saturated heterocycles. The highest BCUT2D eigenvalue weighted by molar-refractivity contribution is 5.92. The highest BCUT2D eigenvalue weighted by Gasteiger charge is 2.44. The molecule has 26 heavy (non-hydrogen) atoms. The summed E-state index contributed by atoms with van der Waals surface area (Å²) < 4.78 is 11.0. The van der Waals surface area contributed by atoms with E-state index in [-0.39, 0.29) is 11.1 Å². The average molecular weight is 362 g/mol. The van der Waals surface area contributed by atoms with Gasteiger partial charge in [0.15, 0.2) is 0 Å². The zero-order chi connectivity index (χ0) is 19.4. The van der Waals surface area contributed by atoms with Gasteiger partial charge in [0.1, 0.15) is 12.2 Å². The summed E-state index contributed by atoms with van der Waals surface area (Å²) in [6.45, 7) is 8.72. The molecule has 4 atom stereocenters. The Kier molecular flexibility index (Phi) is 6.56. The molecule has 142 valence electrons. The minimum Gasteiger partial charge on any atom is -0.458 e. The highest BCUT2D eigenvalue weighted by Crippen LogP contribution is 2.36. The van der Waals surface area contributed by atoms with E-state index >= 15 is 0 Å². The molecule has 6 heteroatoms. The molecule has 1 heterocycles. The van der Waals surface area contributed by atoms with E-state index in [1.165, 1.54) is 6.08 Å². The third kappa shape index (κ3) is 4.51. The normalized spacial score (nSPS) is 34.1.